The zero-order valence-electron chi connectivity index (χ0n) is 14.8. The van der Waals surface area contributed by atoms with Gasteiger partial charge in [0.15, 0.2) is 0 Å². The summed E-state index contributed by atoms with van der Waals surface area (Å²) in [6.07, 6.45) is -2.91. The molecule has 0 unspecified atom stereocenters. The Morgan fingerprint density at radius 1 is 1.31 bits per heavy atom. The number of rotatable bonds is 5. The molecule has 0 radical (unpaired) electrons. The van der Waals surface area contributed by atoms with E-state index in [-0.39, 0.29) is 17.8 Å². The van der Waals surface area contributed by atoms with Gasteiger partial charge in [0.05, 0.1) is 24.1 Å². The van der Waals surface area contributed by atoms with Crippen molar-refractivity contribution in [1.29, 1.82) is 0 Å². The lowest BCUT2D eigenvalue weighted by Crippen LogP contribution is -2.48. The highest BCUT2D eigenvalue weighted by Gasteiger charge is 2.32. The van der Waals surface area contributed by atoms with Crippen molar-refractivity contribution in [2.24, 2.45) is 5.92 Å². The number of halogens is 3. The molecule has 2 rings (SSSR count). The predicted octanol–water partition coefficient (Wildman–Crippen LogP) is 3.31. The van der Waals surface area contributed by atoms with Crippen LogP contribution in [0, 0.1) is 5.92 Å². The van der Waals surface area contributed by atoms with Crippen molar-refractivity contribution in [3.05, 3.63) is 29.8 Å². The second kappa shape index (κ2) is 8.53. The molecule has 1 aliphatic rings. The van der Waals surface area contributed by atoms with Crippen LogP contribution in [0.3, 0.4) is 0 Å². The van der Waals surface area contributed by atoms with Crippen molar-refractivity contribution in [3.63, 3.8) is 0 Å². The number of ether oxygens (including phenoxy) is 1. The highest BCUT2D eigenvalue weighted by molar-refractivity contribution is 5.94. The number of hydrogen-bond donors (Lipinski definition) is 1. The van der Waals surface area contributed by atoms with Gasteiger partial charge in [-0.25, -0.2) is 0 Å². The predicted molar refractivity (Wildman–Crippen MR) is 90.5 cm³/mol. The Balaban J connectivity index is 1.95. The lowest BCUT2D eigenvalue weighted by Gasteiger charge is -2.35. The maximum absolute atomic E-state index is 12.6. The SMILES string of the molecule is CCOC(=O)[C@@H]1CCCN([C@H](C)C(=O)Nc2ccc(C(F)(F)F)cc2)C1. The summed E-state index contributed by atoms with van der Waals surface area (Å²) in [7, 11) is 0. The van der Waals surface area contributed by atoms with Gasteiger partial charge in [0.2, 0.25) is 5.91 Å². The first-order valence-corrected chi connectivity index (χ1v) is 8.61. The Morgan fingerprint density at radius 3 is 2.54 bits per heavy atom. The zero-order chi connectivity index (χ0) is 19.3. The number of benzene rings is 1. The van der Waals surface area contributed by atoms with Gasteiger partial charge in [-0.2, -0.15) is 13.2 Å². The van der Waals surface area contributed by atoms with Gasteiger partial charge < -0.3 is 10.1 Å². The van der Waals surface area contributed by atoms with Crippen molar-refractivity contribution in [3.8, 4) is 0 Å². The van der Waals surface area contributed by atoms with E-state index in [0.29, 0.717) is 25.4 Å². The molecule has 2 atom stereocenters. The van der Waals surface area contributed by atoms with Crippen LogP contribution >= 0.6 is 0 Å². The molecule has 0 aliphatic carbocycles. The number of hydrogen-bond acceptors (Lipinski definition) is 4. The van der Waals surface area contributed by atoms with E-state index in [1.54, 1.807) is 13.8 Å². The van der Waals surface area contributed by atoms with Crippen molar-refractivity contribution in [2.45, 2.75) is 38.9 Å². The summed E-state index contributed by atoms with van der Waals surface area (Å²) >= 11 is 0. The second-order valence-corrected chi connectivity index (χ2v) is 6.33. The van der Waals surface area contributed by atoms with Crippen molar-refractivity contribution >= 4 is 17.6 Å². The molecule has 0 aromatic heterocycles. The highest BCUT2D eigenvalue weighted by Crippen LogP contribution is 2.30. The van der Waals surface area contributed by atoms with Crippen LogP contribution in [0.2, 0.25) is 0 Å². The van der Waals surface area contributed by atoms with E-state index in [2.05, 4.69) is 5.32 Å². The van der Waals surface area contributed by atoms with Crippen molar-refractivity contribution in [1.82, 2.24) is 4.90 Å². The van der Waals surface area contributed by atoms with Gasteiger partial charge in [0.25, 0.3) is 0 Å². The highest BCUT2D eigenvalue weighted by atomic mass is 19.4. The minimum atomic E-state index is -4.41. The molecule has 1 aromatic carbocycles. The molecule has 1 amide bonds. The van der Waals surface area contributed by atoms with Gasteiger partial charge in [-0.1, -0.05) is 0 Å². The molecule has 8 heteroatoms. The molecular formula is C18H23F3N2O3. The molecule has 1 aliphatic heterocycles. The molecule has 1 saturated heterocycles. The third-order valence-electron chi connectivity index (χ3n) is 4.48. The van der Waals surface area contributed by atoms with E-state index in [1.807, 2.05) is 4.90 Å². The normalized spacial score (nSPS) is 19.7. The average Bonchev–Trinajstić information content (AvgIpc) is 2.61. The molecule has 0 saturated carbocycles. The Kier molecular flexibility index (Phi) is 6.63. The first kappa shape index (κ1) is 20.2. The Morgan fingerprint density at radius 2 is 1.96 bits per heavy atom. The largest absolute Gasteiger partial charge is 0.466 e. The first-order chi connectivity index (χ1) is 12.2. The van der Waals surface area contributed by atoms with E-state index >= 15 is 0 Å². The fraction of sp³-hybridized carbons (Fsp3) is 0.556. The average molecular weight is 372 g/mol. The summed E-state index contributed by atoms with van der Waals surface area (Å²) < 4.78 is 42.8. The van der Waals surface area contributed by atoms with E-state index < -0.39 is 17.8 Å². The molecule has 1 heterocycles. The van der Waals surface area contributed by atoms with Crippen LogP contribution in [0.4, 0.5) is 18.9 Å². The van der Waals surface area contributed by atoms with Gasteiger partial charge in [-0.3, -0.25) is 14.5 Å². The van der Waals surface area contributed by atoms with Crippen LogP contribution in [-0.4, -0.2) is 42.5 Å². The van der Waals surface area contributed by atoms with Gasteiger partial charge in [0, 0.05) is 12.2 Å². The summed E-state index contributed by atoms with van der Waals surface area (Å²) in [4.78, 5) is 26.2. The summed E-state index contributed by atoms with van der Waals surface area (Å²) in [5.41, 5.74) is -0.467. The number of nitrogens with zero attached hydrogens (tertiary/aromatic N) is 1. The van der Waals surface area contributed by atoms with Crippen LogP contribution in [0.1, 0.15) is 32.3 Å². The molecular weight excluding hydrogens is 349 g/mol. The molecule has 144 valence electrons. The van der Waals surface area contributed by atoms with Gasteiger partial charge in [-0.05, 0) is 57.5 Å². The lowest BCUT2D eigenvalue weighted by molar-refractivity contribution is -0.150. The molecule has 1 fully saturated rings. The molecule has 0 spiro atoms. The van der Waals surface area contributed by atoms with Crippen LogP contribution in [-0.2, 0) is 20.5 Å². The number of alkyl halides is 3. The fourth-order valence-corrected chi connectivity index (χ4v) is 2.97. The Labute approximate surface area is 150 Å². The van der Waals surface area contributed by atoms with Gasteiger partial charge in [-0.15, -0.1) is 0 Å². The van der Waals surface area contributed by atoms with E-state index in [1.165, 1.54) is 12.1 Å². The summed E-state index contributed by atoms with van der Waals surface area (Å²) in [5.74, 6) is -0.841. The topological polar surface area (TPSA) is 58.6 Å². The van der Waals surface area contributed by atoms with Crippen LogP contribution in [0.25, 0.3) is 0 Å². The quantitative estimate of drug-likeness (QED) is 0.806. The third-order valence-corrected chi connectivity index (χ3v) is 4.48. The van der Waals surface area contributed by atoms with Gasteiger partial charge >= 0.3 is 12.1 Å². The summed E-state index contributed by atoms with van der Waals surface area (Å²) in [6, 6.07) is 3.81. The van der Waals surface area contributed by atoms with Crippen LogP contribution < -0.4 is 5.32 Å². The van der Waals surface area contributed by atoms with Crippen LogP contribution in [0.15, 0.2) is 24.3 Å². The molecule has 1 N–H and O–H groups in total. The number of esters is 1. The lowest BCUT2D eigenvalue weighted by atomic mass is 9.97. The molecule has 26 heavy (non-hydrogen) atoms. The maximum Gasteiger partial charge on any atom is 0.416 e. The molecule has 0 bridgehead atoms. The second-order valence-electron chi connectivity index (χ2n) is 6.33. The Bertz CT molecular complexity index is 632. The fourth-order valence-electron chi connectivity index (χ4n) is 2.97. The molecule has 1 aromatic rings. The Hall–Kier alpha value is -2.09. The molecule has 5 nitrogen and oxygen atoms in total. The van der Waals surface area contributed by atoms with E-state index in [0.717, 1.165) is 25.0 Å². The third kappa shape index (κ3) is 5.20. The van der Waals surface area contributed by atoms with Gasteiger partial charge in [0.1, 0.15) is 0 Å². The summed E-state index contributed by atoms with van der Waals surface area (Å²) in [6.45, 7) is 4.89. The first-order valence-electron chi connectivity index (χ1n) is 8.61. The monoisotopic (exact) mass is 372 g/mol. The minimum Gasteiger partial charge on any atom is -0.466 e. The number of anilines is 1. The van der Waals surface area contributed by atoms with Crippen molar-refractivity contribution < 1.29 is 27.5 Å². The minimum absolute atomic E-state index is 0.257. The smallest absolute Gasteiger partial charge is 0.416 e. The van der Waals surface area contributed by atoms with E-state index in [4.69, 9.17) is 4.74 Å². The van der Waals surface area contributed by atoms with E-state index in [9.17, 15) is 22.8 Å². The zero-order valence-corrected chi connectivity index (χ0v) is 14.8. The number of nitrogens with one attached hydrogen (secondary N) is 1. The number of piperidine rings is 1. The standard InChI is InChI=1S/C18H23F3N2O3/c1-3-26-17(25)13-5-4-10-23(11-13)12(2)16(24)22-15-8-6-14(7-9-15)18(19,20)21/h6-9,12-13H,3-5,10-11H2,1-2H3,(H,22,24)/t12-,13-/m1/s1. The number of carbonyl (C=O) groups excluding carboxylic acids is 2. The van der Waals surface area contributed by atoms with Crippen molar-refractivity contribution in [2.75, 3.05) is 25.0 Å². The maximum atomic E-state index is 12.6. The number of amides is 1. The number of carbonyl (C=O) groups is 2. The number of likely N-dealkylation sites (tertiary alicyclic amines) is 1. The van der Waals surface area contributed by atoms with Crippen LogP contribution in [0.5, 0.6) is 0 Å². The summed E-state index contributed by atoms with van der Waals surface area (Å²) in [5, 5.41) is 2.62.